The summed E-state index contributed by atoms with van der Waals surface area (Å²) in [5.41, 5.74) is 4.07. The van der Waals surface area contributed by atoms with Gasteiger partial charge in [0.2, 0.25) is 0 Å². The predicted molar refractivity (Wildman–Crippen MR) is 111 cm³/mol. The minimum absolute atomic E-state index is 0.109. The largest absolute Gasteiger partial charge is 0.349 e. The number of nitrogens with zero attached hydrogens (tertiary/aromatic N) is 5. The fourth-order valence-electron chi connectivity index (χ4n) is 3.76. The van der Waals surface area contributed by atoms with Gasteiger partial charge in [-0.15, -0.1) is 0 Å². The highest BCUT2D eigenvalue weighted by Gasteiger charge is 2.23. The SMILES string of the molecule is Cc1ncncc1C(=O)NC1CCN(Cc2cc(-c3ccc(F)cc3)nn2C)CC1. The molecule has 0 atom stereocenters. The zero-order chi connectivity index (χ0) is 21.1. The first-order chi connectivity index (χ1) is 14.5. The van der Waals surface area contributed by atoms with E-state index >= 15 is 0 Å². The molecule has 0 radical (unpaired) electrons. The average molecular weight is 408 g/mol. The molecule has 0 aliphatic carbocycles. The summed E-state index contributed by atoms with van der Waals surface area (Å²) in [5, 5.41) is 7.68. The maximum Gasteiger partial charge on any atom is 0.254 e. The molecule has 1 aromatic carbocycles. The summed E-state index contributed by atoms with van der Waals surface area (Å²) in [6.07, 6.45) is 4.79. The van der Waals surface area contributed by atoms with Gasteiger partial charge in [0.05, 0.1) is 22.6 Å². The van der Waals surface area contributed by atoms with Gasteiger partial charge in [-0.2, -0.15) is 5.10 Å². The van der Waals surface area contributed by atoms with Crippen LogP contribution in [0.2, 0.25) is 0 Å². The van der Waals surface area contributed by atoms with Crippen molar-refractivity contribution in [1.82, 2.24) is 30.0 Å². The molecule has 0 bridgehead atoms. The molecule has 0 saturated carbocycles. The van der Waals surface area contributed by atoms with Crippen LogP contribution >= 0.6 is 0 Å². The van der Waals surface area contributed by atoms with Gasteiger partial charge in [0.1, 0.15) is 12.1 Å². The summed E-state index contributed by atoms with van der Waals surface area (Å²) in [7, 11) is 1.93. The van der Waals surface area contributed by atoms with Crippen LogP contribution in [-0.2, 0) is 13.6 Å². The topological polar surface area (TPSA) is 75.9 Å². The van der Waals surface area contributed by atoms with Crippen LogP contribution in [0.3, 0.4) is 0 Å². The molecule has 3 aromatic rings. The molecule has 2 aromatic heterocycles. The summed E-state index contributed by atoms with van der Waals surface area (Å²) < 4.78 is 15.0. The Labute approximate surface area is 175 Å². The first-order valence-corrected chi connectivity index (χ1v) is 10.1. The summed E-state index contributed by atoms with van der Waals surface area (Å²) in [4.78, 5) is 22.9. The van der Waals surface area contributed by atoms with E-state index in [0.717, 1.165) is 49.4 Å². The smallest absolute Gasteiger partial charge is 0.254 e. The number of aromatic nitrogens is 4. The van der Waals surface area contributed by atoms with E-state index in [0.29, 0.717) is 11.3 Å². The van der Waals surface area contributed by atoms with Gasteiger partial charge in [0.25, 0.3) is 5.91 Å². The molecule has 4 rings (SSSR count). The van der Waals surface area contributed by atoms with Crippen molar-refractivity contribution >= 4 is 5.91 Å². The molecule has 156 valence electrons. The lowest BCUT2D eigenvalue weighted by Crippen LogP contribution is -2.44. The number of nitrogens with one attached hydrogen (secondary N) is 1. The monoisotopic (exact) mass is 408 g/mol. The number of halogens is 1. The van der Waals surface area contributed by atoms with Crippen LogP contribution in [0.4, 0.5) is 4.39 Å². The fourth-order valence-corrected chi connectivity index (χ4v) is 3.76. The lowest BCUT2D eigenvalue weighted by molar-refractivity contribution is 0.0906. The van der Waals surface area contributed by atoms with Crippen molar-refractivity contribution in [3.63, 3.8) is 0 Å². The molecule has 3 heterocycles. The minimum Gasteiger partial charge on any atom is -0.349 e. The molecular weight excluding hydrogens is 383 g/mol. The molecular formula is C22H25FN6O. The van der Waals surface area contributed by atoms with Crippen LogP contribution in [0.25, 0.3) is 11.3 Å². The van der Waals surface area contributed by atoms with Crippen LogP contribution in [0.15, 0.2) is 42.9 Å². The summed E-state index contributed by atoms with van der Waals surface area (Å²) >= 11 is 0. The molecule has 1 saturated heterocycles. The number of hydrogen-bond acceptors (Lipinski definition) is 5. The number of carbonyl (C=O) groups is 1. The van der Waals surface area contributed by atoms with Gasteiger partial charge in [0, 0.05) is 44.5 Å². The molecule has 1 aliphatic rings. The normalized spacial score (nSPS) is 15.3. The molecule has 0 spiro atoms. The third kappa shape index (κ3) is 4.54. The van der Waals surface area contributed by atoms with Crippen molar-refractivity contribution in [3.8, 4) is 11.3 Å². The highest BCUT2D eigenvalue weighted by Crippen LogP contribution is 2.21. The van der Waals surface area contributed by atoms with Gasteiger partial charge in [-0.25, -0.2) is 14.4 Å². The van der Waals surface area contributed by atoms with Crippen molar-refractivity contribution in [2.24, 2.45) is 7.05 Å². The van der Waals surface area contributed by atoms with Crippen LogP contribution in [0, 0.1) is 12.7 Å². The van der Waals surface area contributed by atoms with Gasteiger partial charge >= 0.3 is 0 Å². The number of carbonyl (C=O) groups excluding carboxylic acids is 1. The summed E-state index contributed by atoms with van der Waals surface area (Å²) in [5.74, 6) is -0.359. The zero-order valence-electron chi connectivity index (χ0n) is 17.2. The van der Waals surface area contributed by atoms with E-state index < -0.39 is 0 Å². The molecule has 7 nitrogen and oxygen atoms in total. The van der Waals surface area contributed by atoms with E-state index in [2.05, 4.69) is 31.3 Å². The number of rotatable bonds is 5. The summed E-state index contributed by atoms with van der Waals surface area (Å²) in [6.45, 7) is 4.39. The Morgan fingerprint density at radius 3 is 2.67 bits per heavy atom. The van der Waals surface area contributed by atoms with E-state index in [1.54, 1.807) is 18.3 Å². The third-order valence-corrected chi connectivity index (χ3v) is 5.58. The van der Waals surface area contributed by atoms with Gasteiger partial charge in [-0.05, 0) is 50.1 Å². The van der Waals surface area contributed by atoms with Crippen molar-refractivity contribution < 1.29 is 9.18 Å². The standard InChI is InChI=1S/C22H25FN6O/c1-15-20(12-24-14-25-15)22(30)26-18-7-9-29(10-8-18)13-19-11-21(27-28(19)2)16-3-5-17(23)6-4-16/h3-6,11-12,14,18H,7-10,13H2,1-2H3,(H,26,30). The van der Waals surface area contributed by atoms with E-state index in [9.17, 15) is 9.18 Å². The Hall–Kier alpha value is -3.13. The van der Waals surface area contributed by atoms with Crippen LogP contribution in [0.5, 0.6) is 0 Å². The predicted octanol–water partition coefficient (Wildman–Crippen LogP) is 2.72. The van der Waals surface area contributed by atoms with Gasteiger partial charge in [-0.1, -0.05) is 0 Å². The number of piperidine rings is 1. The Morgan fingerprint density at radius 1 is 1.23 bits per heavy atom. The second kappa shape index (κ2) is 8.71. The Kier molecular flexibility index (Phi) is 5.85. The van der Waals surface area contributed by atoms with E-state index in [4.69, 9.17) is 0 Å². The third-order valence-electron chi connectivity index (χ3n) is 5.58. The first-order valence-electron chi connectivity index (χ1n) is 10.1. The van der Waals surface area contributed by atoms with Gasteiger partial charge < -0.3 is 5.32 Å². The Morgan fingerprint density at radius 2 is 1.97 bits per heavy atom. The average Bonchev–Trinajstić information content (AvgIpc) is 3.10. The number of likely N-dealkylation sites (tertiary alicyclic amines) is 1. The van der Waals surface area contributed by atoms with E-state index in [1.807, 2.05) is 18.7 Å². The van der Waals surface area contributed by atoms with Gasteiger partial charge in [-0.3, -0.25) is 14.4 Å². The first kappa shape index (κ1) is 20.2. The molecule has 0 unspecified atom stereocenters. The molecule has 8 heteroatoms. The quantitative estimate of drug-likeness (QED) is 0.703. The highest BCUT2D eigenvalue weighted by atomic mass is 19.1. The van der Waals surface area contributed by atoms with E-state index in [-0.39, 0.29) is 17.8 Å². The van der Waals surface area contributed by atoms with E-state index in [1.165, 1.54) is 18.5 Å². The molecule has 1 aliphatic heterocycles. The van der Waals surface area contributed by atoms with Crippen molar-refractivity contribution in [1.29, 1.82) is 0 Å². The molecule has 30 heavy (non-hydrogen) atoms. The number of aryl methyl sites for hydroxylation is 2. The maximum atomic E-state index is 13.2. The Balaban J connectivity index is 1.32. The number of benzene rings is 1. The maximum absolute atomic E-state index is 13.2. The highest BCUT2D eigenvalue weighted by molar-refractivity contribution is 5.95. The molecule has 1 N–H and O–H groups in total. The van der Waals surface area contributed by atoms with Gasteiger partial charge in [0.15, 0.2) is 0 Å². The van der Waals surface area contributed by atoms with Crippen molar-refractivity contribution in [3.05, 3.63) is 65.6 Å². The van der Waals surface area contributed by atoms with Crippen LogP contribution in [0.1, 0.15) is 34.6 Å². The van der Waals surface area contributed by atoms with Crippen LogP contribution in [-0.4, -0.2) is 49.7 Å². The summed E-state index contributed by atoms with van der Waals surface area (Å²) in [6, 6.07) is 8.59. The number of hydrogen-bond donors (Lipinski definition) is 1. The lowest BCUT2D eigenvalue weighted by Gasteiger charge is -2.32. The van der Waals surface area contributed by atoms with Crippen molar-refractivity contribution in [2.45, 2.75) is 32.4 Å². The minimum atomic E-state index is -0.250. The lowest BCUT2D eigenvalue weighted by atomic mass is 10.0. The van der Waals surface area contributed by atoms with Crippen LogP contribution < -0.4 is 5.32 Å². The second-order valence-corrected chi connectivity index (χ2v) is 7.70. The molecule has 1 amide bonds. The molecule has 1 fully saturated rings. The van der Waals surface area contributed by atoms with Crippen molar-refractivity contribution in [2.75, 3.05) is 13.1 Å². The fraction of sp³-hybridized carbons (Fsp3) is 0.364. The second-order valence-electron chi connectivity index (χ2n) is 7.70. The zero-order valence-corrected chi connectivity index (χ0v) is 17.2. The Bertz CT molecular complexity index is 1020. The number of amides is 1.